The largest absolute Gasteiger partial charge is 0.497 e. The van der Waals surface area contributed by atoms with Gasteiger partial charge in [0.05, 0.1) is 7.11 Å². The van der Waals surface area contributed by atoms with E-state index in [0.717, 1.165) is 31.4 Å². The van der Waals surface area contributed by atoms with Gasteiger partial charge in [0.25, 0.3) is 0 Å². The molecular formula is C22H28O4. The maximum atomic E-state index is 12.8. The zero-order valence-electron chi connectivity index (χ0n) is 15.7. The highest BCUT2D eigenvalue weighted by molar-refractivity contribution is 5.87. The molecule has 0 aromatic heterocycles. The lowest BCUT2D eigenvalue weighted by Gasteiger charge is -2.50. The number of aliphatic carboxylic acids is 1. The zero-order valence-corrected chi connectivity index (χ0v) is 15.7. The number of carboxylic acid groups (broad SMARTS) is 1. The molecule has 3 aliphatic carbocycles. The molecule has 140 valence electrons. The quantitative estimate of drug-likeness (QED) is 0.878. The normalized spacial score (nSPS) is 35.4. The lowest BCUT2D eigenvalue weighted by molar-refractivity contribution is -0.137. The van der Waals surface area contributed by atoms with Crippen LogP contribution in [0.4, 0.5) is 0 Å². The Morgan fingerprint density at radius 3 is 2.88 bits per heavy atom. The van der Waals surface area contributed by atoms with Gasteiger partial charge < -0.3 is 9.84 Å². The number of methoxy groups -OCH3 is 1. The minimum Gasteiger partial charge on any atom is -0.497 e. The van der Waals surface area contributed by atoms with E-state index in [1.165, 1.54) is 11.1 Å². The number of carbonyl (C=O) groups excluding carboxylic acids is 1. The van der Waals surface area contributed by atoms with Crippen LogP contribution in [0.2, 0.25) is 0 Å². The van der Waals surface area contributed by atoms with Crippen molar-refractivity contribution < 1.29 is 19.4 Å². The number of ketones is 1. The third-order valence-corrected chi connectivity index (χ3v) is 7.51. The lowest BCUT2D eigenvalue weighted by Crippen LogP contribution is -2.44. The van der Waals surface area contributed by atoms with Crippen LogP contribution in [-0.4, -0.2) is 24.0 Å². The van der Waals surface area contributed by atoms with E-state index in [2.05, 4.69) is 25.1 Å². The van der Waals surface area contributed by atoms with Crippen LogP contribution in [0.25, 0.3) is 0 Å². The van der Waals surface area contributed by atoms with Gasteiger partial charge in [-0.3, -0.25) is 9.59 Å². The van der Waals surface area contributed by atoms with Crippen molar-refractivity contribution in [2.24, 2.45) is 23.2 Å². The molecule has 0 heterocycles. The highest BCUT2D eigenvalue weighted by Crippen LogP contribution is 2.62. The fraction of sp³-hybridized carbons (Fsp3) is 0.636. The van der Waals surface area contributed by atoms with Crippen molar-refractivity contribution in [1.82, 2.24) is 0 Å². The van der Waals surface area contributed by atoms with Crippen molar-refractivity contribution in [3.8, 4) is 5.75 Å². The van der Waals surface area contributed by atoms with E-state index in [1.807, 2.05) is 0 Å². The molecule has 0 bridgehead atoms. The number of carbonyl (C=O) groups is 2. The summed E-state index contributed by atoms with van der Waals surface area (Å²) in [6.07, 6.45) is 5.52. The monoisotopic (exact) mass is 356 g/mol. The lowest BCUT2D eigenvalue weighted by atomic mass is 9.54. The second-order valence-corrected chi connectivity index (χ2v) is 8.68. The molecule has 0 saturated heterocycles. The summed E-state index contributed by atoms with van der Waals surface area (Å²) in [6.45, 7) is 2.15. The SMILES string of the molecule is COc1ccc2c(c1)CCC1C2CCC2(C)C(=O)CC(CCC(=O)O)C12. The standard InChI is InChI=1S/C22H28O4/c1-22-10-9-17-16-7-5-15(26-2)11-13(16)3-6-18(17)21(22)14(12-19(22)23)4-8-20(24)25/h5,7,11,14,17-18,21H,3-4,6,8-10,12H2,1-2H3,(H,24,25). The first-order valence-electron chi connectivity index (χ1n) is 9.86. The van der Waals surface area contributed by atoms with Crippen LogP contribution < -0.4 is 4.74 Å². The number of hydrogen-bond acceptors (Lipinski definition) is 3. The number of carboxylic acids is 1. The molecule has 3 aliphatic rings. The average molecular weight is 356 g/mol. The van der Waals surface area contributed by atoms with Crippen LogP contribution in [0.15, 0.2) is 18.2 Å². The molecular weight excluding hydrogens is 328 g/mol. The van der Waals surface area contributed by atoms with Gasteiger partial charge in [0.15, 0.2) is 0 Å². The predicted octanol–water partition coefficient (Wildman–Crippen LogP) is 4.21. The van der Waals surface area contributed by atoms with Gasteiger partial charge in [-0.25, -0.2) is 0 Å². The van der Waals surface area contributed by atoms with Crippen molar-refractivity contribution in [3.63, 3.8) is 0 Å². The number of ether oxygens (including phenoxy) is 1. The second kappa shape index (κ2) is 6.40. The molecule has 2 saturated carbocycles. The van der Waals surface area contributed by atoms with E-state index < -0.39 is 5.97 Å². The van der Waals surface area contributed by atoms with Gasteiger partial charge in [0.2, 0.25) is 0 Å². The molecule has 0 radical (unpaired) electrons. The first-order valence-corrected chi connectivity index (χ1v) is 9.86. The number of rotatable bonds is 4. The number of Topliss-reactive ketones (excluding diaryl/α,β-unsaturated/α-hetero) is 1. The maximum Gasteiger partial charge on any atom is 0.303 e. The molecule has 1 aromatic carbocycles. The molecule has 1 aromatic rings. The highest BCUT2D eigenvalue weighted by Gasteiger charge is 2.58. The van der Waals surface area contributed by atoms with Crippen molar-refractivity contribution in [1.29, 1.82) is 0 Å². The Kier molecular flexibility index (Phi) is 4.32. The van der Waals surface area contributed by atoms with Gasteiger partial charge in [-0.1, -0.05) is 13.0 Å². The van der Waals surface area contributed by atoms with Crippen molar-refractivity contribution in [2.45, 2.75) is 57.8 Å². The van der Waals surface area contributed by atoms with Crippen molar-refractivity contribution >= 4 is 11.8 Å². The molecule has 0 spiro atoms. The molecule has 4 nitrogen and oxygen atoms in total. The number of hydrogen-bond donors (Lipinski definition) is 1. The number of aryl methyl sites for hydroxylation is 1. The van der Waals surface area contributed by atoms with Crippen LogP contribution >= 0.6 is 0 Å². The summed E-state index contributed by atoms with van der Waals surface area (Å²) in [4.78, 5) is 23.9. The molecule has 1 N–H and O–H groups in total. The van der Waals surface area contributed by atoms with Crippen molar-refractivity contribution in [2.75, 3.05) is 7.11 Å². The average Bonchev–Trinajstić information content (AvgIpc) is 2.89. The summed E-state index contributed by atoms with van der Waals surface area (Å²) in [5, 5.41) is 9.12. The summed E-state index contributed by atoms with van der Waals surface area (Å²) in [5.41, 5.74) is 2.58. The molecule has 26 heavy (non-hydrogen) atoms. The van der Waals surface area contributed by atoms with E-state index in [-0.39, 0.29) is 17.8 Å². The van der Waals surface area contributed by atoms with Gasteiger partial charge in [0, 0.05) is 18.3 Å². The fourth-order valence-electron chi connectivity index (χ4n) is 6.32. The third-order valence-electron chi connectivity index (χ3n) is 7.51. The molecule has 4 heteroatoms. The van der Waals surface area contributed by atoms with Gasteiger partial charge in [-0.15, -0.1) is 0 Å². The first-order chi connectivity index (χ1) is 12.4. The van der Waals surface area contributed by atoms with Crippen LogP contribution in [-0.2, 0) is 16.0 Å². The number of fused-ring (bicyclic) bond motifs is 5. The Bertz CT molecular complexity index is 740. The van der Waals surface area contributed by atoms with Crippen LogP contribution in [0.1, 0.15) is 62.5 Å². The molecule has 2 fully saturated rings. The Labute approximate surface area is 154 Å². The van der Waals surface area contributed by atoms with E-state index in [4.69, 9.17) is 9.84 Å². The molecule has 0 amide bonds. The van der Waals surface area contributed by atoms with E-state index in [9.17, 15) is 9.59 Å². The van der Waals surface area contributed by atoms with Gasteiger partial charge in [-0.05, 0) is 79.0 Å². The first kappa shape index (κ1) is 17.6. The highest BCUT2D eigenvalue weighted by atomic mass is 16.5. The Balaban J connectivity index is 1.65. The van der Waals surface area contributed by atoms with E-state index in [0.29, 0.717) is 36.4 Å². The van der Waals surface area contributed by atoms with Crippen LogP contribution in [0, 0.1) is 23.2 Å². The van der Waals surface area contributed by atoms with Crippen LogP contribution in [0.3, 0.4) is 0 Å². The fourth-order valence-corrected chi connectivity index (χ4v) is 6.32. The molecule has 0 aliphatic heterocycles. The molecule has 4 rings (SSSR count). The Morgan fingerprint density at radius 2 is 2.15 bits per heavy atom. The van der Waals surface area contributed by atoms with Gasteiger partial charge in [0.1, 0.15) is 11.5 Å². The van der Waals surface area contributed by atoms with Gasteiger partial charge in [-0.2, -0.15) is 0 Å². The van der Waals surface area contributed by atoms with Crippen LogP contribution in [0.5, 0.6) is 5.75 Å². The summed E-state index contributed by atoms with van der Waals surface area (Å²) in [6, 6.07) is 6.44. The topological polar surface area (TPSA) is 63.6 Å². The number of benzene rings is 1. The summed E-state index contributed by atoms with van der Waals surface area (Å²) >= 11 is 0. The minimum absolute atomic E-state index is 0.176. The Hall–Kier alpha value is -1.84. The maximum absolute atomic E-state index is 12.8. The minimum atomic E-state index is -0.750. The van der Waals surface area contributed by atoms with E-state index >= 15 is 0 Å². The third kappa shape index (κ3) is 2.65. The summed E-state index contributed by atoms with van der Waals surface area (Å²) in [5.74, 6) is 2.11. The van der Waals surface area contributed by atoms with E-state index in [1.54, 1.807) is 7.11 Å². The molecule has 5 unspecified atom stereocenters. The zero-order chi connectivity index (χ0) is 18.5. The van der Waals surface area contributed by atoms with Crippen molar-refractivity contribution in [3.05, 3.63) is 29.3 Å². The smallest absolute Gasteiger partial charge is 0.303 e. The second-order valence-electron chi connectivity index (χ2n) is 8.68. The summed E-state index contributed by atoms with van der Waals surface area (Å²) in [7, 11) is 1.70. The molecule has 5 atom stereocenters. The Morgan fingerprint density at radius 1 is 1.35 bits per heavy atom. The van der Waals surface area contributed by atoms with Gasteiger partial charge >= 0.3 is 5.97 Å². The predicted molar refractivity (Wildman–Crippen MR) is 98.4 cm³/mol. The summed E-state index contributed by atoms with van der Waals surface area (Å²) < 4.78 is 5.39.